The summed E-state index contributed by atoms with van der Waals surface area (Å²) in [5.74, 6) is 1.56. The molecule has 6 nitrogen and oxygen atoms in total. The zero-order valence-corrected chi connectivity index (χ0v) is 32.1. The molecule has 5 aromatic carbocycles. The van der Waals surface area contributed by atoms with Crippen LogP contribution in [0.5, 0.6) is 17.2 Å². The van der Waals surface area contributed by atoms with Gasteiger partial charge in [-0.3, -0.25) is 4.79 Å². The summed E-state index contributed by atoms with van der Waals surface area (Å²) in [7, 11) is 1.64. The number of carbonyl (C=O) groups is 2. The highest BCUT2D eigenvalue weighted by Gasteiger charge is 2.23. The van der Waals surface area contributed by atoms with Crippen LogP contribution in [0.15, 0.2) is 127 Å². The molecule has 0 N–H and O–H groups in total. The molecular weight excluding hydrogens is 647 g/mol. The van der Waals surface area contributed by atoms with E-state index >= 15 is 0 Å². The Bertz CT molecular complexity index is 1760. The molecule has 0 aliphatic rings. The number of ketones is 1. The van der Waals surface area contributed by atoms with Crippen molar-refractivity contribution < 1.29 is 23.8 Å². The highest BCUT2D eigenvalue weighted by Crippen LogP contribution is 2.36. The predicted molar refractivity (Wildman–Crippen MR) is 215 cm³/mol. The predicted octanol–water partition coefficient (Wildman–Crippen LogP) is 13.3. The van der Waals surface area contributed by atoms with Crippen LogP contribution in [0.3, 0.4) is 0 Å². The van der Waals surface area contributed by atoms with Crippen molar-refractivity contribution in [1.29, 1.82) is 0 Å². The maximum absolute atomic E-state index is 12.6. The van der Waals surface area contributed by atoms with Gasteiger partial charge in [0.05, 0.1) is 7.11 Å². The molecule has 5 rings (SSSR count). The van der Waals surface area contributed by atoms with Crippen molar-refractivity contribution in [3.05, 3.63) is 144 Å². The molecule has 0 spiro atoms. The Morgan fingerprint density at radius 1 is 0.538 bits per heavy atom. The Balaban J connectivity index is 0.000000725. The summed E-state index contributed by atoms with van der Waals surface area (Å²) in [5.41, 5.74) is 5.33. The van der Waals surface area contributed by atoms with Gasteiger partial charge in [0.1, 0.15) is 17.2 Å². The van der Waals surface area contributed by atoms with Crippen molar-refractivity contribution in [2.75, 3.05) is 12.0 Å². The zero-order valence-electron chi connectivity index (χ0n) is 32.1. The minimum absolute atomic E-state index is 0.0383. The Labute approximate surface area is 311 Å². The van der Waals surface area contributed by atoms with Gasteiger partial charge in [0, 0.05) is 28.0 Å². The molecule has 0 aliphatic carbocycles. The minimum atomic E-state index is -0.824. The van der Waals surface area contributed by atoms with E-state index in [4.69, 9.17) is 14.2 Å². The Morgan fingerprint density at radius 3 is 1.33 bits per heavy atom. The number of rotatable bonds is 12. The van der Waals surface area contributed by atoms with Gasteiger partial charge in [-0.05, 0) is 90.8 Å². The third-order valence-electron chi connectivity index (χ3n) is 8.64. The van der Waals surface area contributed by atoms with E-state index in [2.05, 4.69) is 46.4 Å². The summed E-state index contributed by atoms with van der Waals surface area (Å²) in [6, 6.07) is 40.0. The Morgan fingerprint density at radius 2 is 0.942 bits per heavy atom. The molecule has 0 saturated heterocycles. The lowest BCUT2D eigenvalue weighted by atomic mass is 9.78. The van der Waals surface area contributed by atoms with Crippen molar-refractivity contribution in [1.82, 2.24) is 0 Å². The van der Waals surface area contributed by atoms with E-state index in [9.17, 15) is 9.59 Å². The lowest BCUT2D eigenvalue weighted by molar-refractivity contribution is 0.101. The molecular formula is C46H55NO5. The van der Waals surface area contributed by atoms with Crippen molar-refractivity contribution >= 4 is 29.0 Å². The topological polar surface area (TPSA) is 65.1 Å². The normalized spacial score (nSPS) is 10.5. The first kappa shape index (κ1) is 41.1. The first-order valence-electron chi connectivity index (χ1n) is 18.3. The summed E-state index contributed by atoms with van der Waals surface area (Å²) in [6.45, 7) is 14.6. The molecule has 0 fully saturated rings. The molecule has 0 bridgehead atoms. The quantitative estimate of drug-likeness (QED) is 0.0733. The fraction of sp³-hybridized carbons (Fsp3) is 0.304. The molecule has 52 heavy (non-hydrogen) atoms. The van der Waals surface area contributed by atoms with E-state index in [0.29, 0.717) is 17.1 Å². The van der Waals surface area contributed by atoms with Gasteiger partial charge in [-0.15, -0.1) is 0 Å². The summed E-state index contributed by atoms with van der Waals surface area (Å²) >= 11 is 0. The van der Waals surface area contributed by atoms with Crippen LogP contribution in [-0.4, -0.2) is 19.0 Å². The lowest BCUT2D eigenvalue weighted by Crippen LogP contribution is -2.19. The molecule has 0 unspecified atom stereocenters. The molecule has 0 heterocycles. The Hall–Kier alpha value is -5.36. The number of carbonyl (C=O) groups excluding carboxylic acids is 2. The lowest BCUT2D eigenvalue weighted by Gasteiger charge is -2.26. The molecule has 0 saturated carbocycles. The molecule has 0 aliphatic heterocycles. The van der Waals surface area contributed by atoms with E-state index in [1.165, 1.54) is 32.1 Å². The van der Waals surface area contributed by atoms with Crippen molar-refractivity contribution in [2.24, 2.45) is 0 Å². The van der Waals surface area contributed by atoms with Gasteiger partial charge < -0.3 is 19.1 Å². The van der Waals surface area contributed by atoms with Gasteiger partial charge in [0.2, 0.25) is 0 Å². The smallest absolute Gasteiger partial charge is 0.497 e. The zero-order chi connectivity index (χ0) is 37.9. The summed E-state index contributed by atoms with van der Waals surface area (Å²) < 4.78 is 16.2. The van der Waals surface area contributed by atoms with Gasteiger partial charge in [-0.2, -0.15) is 0 Å². The fourth-order valence-electron chi connectivity index (χ4n) is 5.21. The van der Waals surface area contributed by atoms with E-state index in [1.54, 1.807) is 38.3 Å². The molecule has 0 atom stereocenters. The summed E-state index contributed by atoms with van der Waals surface area (Å²) in [5, 5.41) is 0. The van der Waals surface area contributed by atoms with Crippen LogP contribution in [0.1, 0.15) is 102 Å². The highest BCUT2D eigenvalue weighted by atomic mass is 16.7. The molecule has 274 valence electrons. The number of methoxy groups -OCH3 is 1. The van der Waals surface area contributed by atoms with Crippen LogP contribution in [0, 0.1) is 0 Å². The van der Waals surface area contributed by atoms with Gasteiger partial charge >= 0.3 is 6.16 Å². The van der Waals surface area contributed by atoms with Crippen LogP contribution in [-0.2, 0) is 5.41 Å². The van der Waals surface area contributed by atoms with E-state index in [1.807, 2.05) is 103 Å². The standard InChI is InChI=1S/C37H33NO5.C5H12.C4H10/c1-26(39)27-10-12-28(13-11-27)37(2,3)29-14-20-34(21-15-29)42-36(40)43-35-24-18-32(19-25-35)38(30-8-6-5-7-9-30)31-16-22-33(41-4)23-17-31;1-3-5-4-2;1-3-4-2/h5-25H,1-4H3;3-5H2,1-2H3;3-4H2,1-2H3. The maximum atomic E-state index is 12.6. The highest BCUT2D eigenvalue weighted by molar-refractivity contribution is 5.94. The second kappa shape index (κ2) is 21.1. The molecule has 0 amide bonds. The number of Topliss-reactive ketones (excluding diaryl/α,β-unsaturated/α-hetero) is 1. The van der Waals surface area contributed by atoms with Crippen molar-refractivity contribution in [3.63, 3.8) is 0 Å². The number of hydrogen-bond acceptors (Lipinski definition) is 6. The number of ether oxygens (including phenoxy) is 3. The number of nitrogens with zero attached hydrogens (tertiary/aromatic N) is 1. The average Bonchev–Trinajstić information content (AvgIpc) is 3.17. The van der Waals surface area contributed by atoms with Crippen LogP contribution in [0.4, 0.5) is 21.9 Å². The molecule has 6 heteroatoms. The molecule has 5 aromatic rings. The van der Waals surface area contributed by atoms with Gasteiger partial charge in [0.25, 0.3) is 0 Å². The third kappa shape index (κ3) is 12.2. The number of benzene rings is 5. The number of para-hydroxylation sites is 1. The van der Waals surface area contributed by atoms with Gasteiger partial charge in [0.15, 0.2) is 5.78 Å². The number of unbranched alkanes of at least 4 members (excludes halogenated alkanes) is 3. The van der Waals surface area contributed by atoms with Crippen LogP contribution >= 0.6 is 0 Å². The van der Waals surface area contributed by atoms with Crippen molar-refractivity contribution in [2.45, 2.75) is 86.0 Å². The van der Waals surface area contributed by atoms with E-state index < -0.39 is 6.16 Å². The molecule has 0 radical (unpaired) electrons. The average molecular weight is 702 g/mol. The second-order valence-electron chi connectivity index (χ2n) is 13.0. The van der Waals surface area contributed by atoms with Gasteiger partial charge in [-0.1, -0.05) is 128 Å². The van der Waals surface area contributed by atoms with E-state index in [0.717, 1.165) is 33.9 Å². The monoisotopic (exact) mass is 701 g/mol. The second-order valence-corrected chi connectivity index (χ2v) is 13.0. The van der Waals surface area contributed by atoms with Gasteiger partial charge in [-0.25, -0.2) is 4.79 Å². The first-order chi connectivity index (χ1) is 25.1. The first-order valence-corrected chi connectivity index (χ1v) is 18.3. The number of hydrogen-bond donors (Lipinski definition) is 0. The third-order valence-corrected chi connectivity index (χ3v) is 8.64. The van der Waals surface area contributed by atoms with Crippen LogP contribution in [0.2, 0.25) is 0 Å². The minimum Gasteiger partial charge on any atom is -0.497 e. The largest absolute Gasteiger partial charge is 0.519 e. The van der Waals surface area contributed by atoms with E-state index in [-0.39, 0.29) is 11.2 Å². The SMILES string of the molecule is CCCC.CCCCC.COc1ccc(N(c2ccccc2)c2ccc(OC(=O)Oc3ccc(C(C)(C)c4ccc(C(C)=O)cc4)cc3)cc2)cc1. The molecule has 0 aromatic heterocycles. The number of anilines is 3. The maximum Gasteiger partial charge on any atom is 0.519 e. The summed E-state index contributed by atoms with van der Waals surface area (Å²) in [4.78, 5) is 26.3. The Kier molecular flexibility index (Phi) is 16.7. The van der Waals surface area contributed by atoms with Crippen LogP contribution < -0.4 is 19.1 Å². The fourth-order valence-corrected chi connectivity index (χ4v) is 5.21. The summed E-state index contributed by atoms with van der Waals surface area (Å²) in [6.07, 6.45) is 5.89. The van der Waals surface area contributed by atoms with Crippen molar-refractivity contribution in [3.8, 4) is 17.2 Å². The van der Waals surface area contributed by atoms with Crippen LogP contribution in [0.25, 0.3) is 0 Å².